The van der Waals surface area contributed by atoms with Gasteiger partial charge >= 0.3 is 6.18 Å². The Balaban J connectivity index is 1.42. The second-order valence-corrected chi connectivity index (χ2v) is 8.34. The van der Waals surface area contributed by atoms with E-state index in [1.165, 1.54) is 25.3 Å². The van der Waals surface area contributed by atoms with E-state index in [1.807, 2.05) is 0 Å². The molecule has 3 nitrogen and oxygen atoms in total. The summed E-state index contributed by atoms with van der Waals surface area (Å²) in [6.45, 7) is 1.33. The maximum Gasteiger partial charge on any atom is 0.416 e. The molecule has 0 radical (unpaired) electrons. The number of thioether (sulfide) groups is 1. The number of benzene rings is 1. The van der Waals surface area contributed by atoms with Gasteiger partial charge in [0.1, 0.15) is 0 Å². The summed E-state index contributed by atoms with van der Waals surface area (Å²) in [5.74, 6) is 0.142. The van der Waals surface area contributed by atoms with E-state index >= 15 is 0 Å². The molecule has 0 unspecified atom stereocenters. The lowest BCUT2D eigenvalue weighted by molar-refractivity contribution is -0.137. The van der Waals surface area contributed by atoms with Crippen LogP contribution in [0.5, 0.6) is 0 Å². The van der Waals surface area contributed by atoms with Gasteiger partial charge in [0.05, 0.1) is 23.5 Å². The molecule has 2 aliphatic rings. The van der Waals surface area contributed by atoms with Crippen LogP contribution in [0.1, 0.15) is 50.5 Å². The summed E-state index contributed by atoms with van der Waals surface area (Å²) in [7, 11) is 0. The van der Waals surface area contributed by atoms with Crippen LogP contribution in [-0.4, -0.2) is 41.9 Å². The number of rotatable bonds is 5. The van der Waals surface area contributed by atoms with E-state index < -0.39 is 11.7 Å². The largest absolute Gasteiger partial charge is 0.416 e. The highest BCUT2D eigenvalue weighted by molar-refractivity contribution is 8.00. The van der Waals surface area contributed by atoms with Gasteiger partial charge in [0, 0.05) is 18.0 Å². The standard InChI is InChI=1S/C20H26F3NO2S/c21-20(22,23)15-5-4-8-18(13-15)27-14-19(25)24-11-9-17(10-12-24)26-16-6-2-1-3-7-16/h4-5,8,13,16-17H,1-3,6-7,9-12,14H2. The number of likely N-dealkylation sites (tertiary alicyclic amines) is 1. The van der Waals surface area contributed by atoms with Crippen LogP contribution in [0.2, 0.25) is 0 Å². The Bertz CT molecular complexity index is 624. The second kappa shape index (κ2) is 9.32. The zero-order chi connectivity index (χ0) is 19.3. The number of carbonyl (C=O) groups is 1. The molecule has 1 aliphatic carbocycles. The zero-order valence-corrected chi connectivity index (χ0v) is 16.2. The van der Waals surface area contributed by atoms with Gasteiger partial charge in [-0.25, -0.2) is 0 Å². The van der Waals surface area contributed by atoms with E-state index in [9.17, 15) is 18.0 Å². The lowest BCUT2D eigenvalue weighted by Crippen LogP contribution is -2.42. The molecule has 0 N–H and O–H groups in total. The van der Waals surface area contributed by atoms with Crippen molar-refractivity contribution in [1.29, 1.82) is 0 Å². The third-order valence-corrected chi connectivity index (χ3v) is 6.23. The Labute approximate surface area is 162 Å². The van der Waals surface area contributed by atoms with Gasteiger partial charge in [-0.15, -0.1) is 11.8 Å². The van der Waals surface area contributed by atoms with Crippen molar-refractivity contribution in [2.24, 2.45) is 0 Å². The number of piperidine rings is 1. The molecule has 1 aromatic rings. The molecule has 1 aromatic carbocycles. The summed E-state index contributed by atoms with van der Waals surface area (Å²) in [5.41, 5.74) is -0.680. The highest BCUT2D eigenvalue weighted by atomic mass is 32.2. The van der Waals surface area contributed by atoms with E-state index in [0.717, 1.165) is 49.6 Å². The molecule has 27 heavy (non-hydrogen) atoms. The third-order valence-electron chi connectivity index (χ3n) is 5.26. The van der Waals surface area contributed by atoms with Crippen LogP contribution in [0.25, 0.3) is 0 Å². The summed E-state index contributed by atoms with van der Waals surface area (Å²) in [5, 5.41) is 0. The maximum atomic E-state index is 12.8. The number of hydrogen-bond acceptors (Lipinski definition) is 3. The van der Waals surface area contributed by atoms with Crippen molar-refractivity contribution >= 4 is 17.7 Å². The number of ether oxygens (including phenoxy) is 1. The van der Waals surface area contributed by atoms with E-state index in [0.29, 0.717) is 24.1 Å². The molecule has 7 heteroatoms. The van der Waals surface area contributed by atoms with Crippen molar-refractivity contribution in [1.82, 2.24) is 4.90 Å². The first-order valence-corrected chi connectivity index (χ1v) is 10.6. The SMILES string of the molecule is O=C(CSc1cccc(C(F)(F)F)c1)N1CCC(OC2CCCCC2)CC1. The Morgan fingerprint density at radius 1 is 1.07 bits per heavy atom. The molecule has 3 rings (SSSR count). The average molecular weight is 401 g/mol. The quantitative estimate of drug-likeness (QED) is 0.640. The van der Waals surface area contributed by atoms with E-state index in [-0.39, 0.29) is 17.8 Å². The molecule has 2 fully saturated rings. The number of carbonyl (C=O) groups excluding carboxylic acids is 1. The lowest BCUT2D eigenvalue weighted by atomic mass is 9.97. The summed E-state index contributed by atoms with van der Waals surface area (Å²) >= 11 is 1.16. The summed E-state index contributed by atoms with van der Waals surface area (Å²) in [4.78, 5) is 14.7. The lowest BCUT2D eigenvalue weighted by Gasteiger charge is -2.35. The Hall–Kier alpha value is -1.21. The first-order valence-electron chi connectivity index (χ1n) is 9.65. The second-order valence-electron chi connectivity index (χ2n) is 7.29. The Kier molecular flexibility index (Phi) is 7.09. The smallest absolute Gasteiger partial charge is 0.375 e. The van der Waals surface area contributed by atoms with Crippen molar-refractivity contribution in [3.8, 4) is 0 Å². The Morgan fingerprint density at radius 3 is 2.41 bits per heavy atom. The average Bonchev–Trinajstić information content (AvgIpc) is 2.67. The van der Waals surface area contributed by atoms with Crippen LogP contribution >= 0.6 is 11.8 Å². The molecule has 0 aromatic heterocycles. The number of hydrogen-bond donors (Lipinski definition) is 0. The highest BCUT2D eigenvalue weighted by Gasteiger charge is 2.30. The predicted octanol–water partition coefficient (Wildman–Crippen LogP) is 5.14. The van der Waals surface area contributed by atoms with Gasteiger partial charge in [0.15, 0.2) is 0 Å². The van der Waals surface area contributed by atoms with Crippen LogP contribution in [-0.2, 0) is 15.7 Å². The molecule has 150 valence electrons. The monoisotopic (exact) mass is 401 g/mol. The molecular formula is C20H26F3NO2S. The van der Waals surface area contributed by atoms with E-state index in [4.69, 9.17) is 4.74 Å². The van der Waals surface area contributed by atoms with Crippen molar-refractivity contribution in [3.63, 3.8) is 0 Å². The normalized spacial score (nSPS) is 20.0. The van der Waals surface area contributed by atoms with Crippen LogP contribution in [0, 0.1) is 0 Å². The predicted molar refractivity (Wildman–Crippen MR) is 99.7 cm³/mol. The minimum Gasteiger partial charge on any atom is -0.375 e. The number of alkyl halides is 3. The molecule has 0 spiro atoms. The fourth-order valence-electron chi connectivity index (χ4n) is 3.71. The number of halogens is 3. The van der Waals surface area contributed by atoms with Crippen molar-refractivity contribution < 1.29 is 22.7 Å². The van der Waals surface area contributed by atoms with Crippen molar-refractivity contribution in [2.45, 2.75) is 68.2 Å². The van der Waals surface area contributed by atoms with E-state index in [2.05, 4.69) is 0 Å². The minimum absolute atomic E-state index is 0.0199. The van der Waals surface area contributed by atoms with Gasteiger partial charge in [0.2, 0.25) is 5.91 Å². The van der Waals surface area contributed by atoms with Gasteiger partial charge in [-0.1, -0.05) is 25.3 Å². The molecule has 1 saturated carbocycles. The van der Waals surface area contributed by atoms with Crippen molar-refractivity contribution in [3.05, 3.63) is 29.8 Å². The fourth-order valence-corrected chi connectivity index (χ4v) is 4.57. The number of nitrogens with zero attached hydrogens (tertiary/aromatic N) is 1. The van der Waals surface area contributed by atoms with Crippen LogP contribution in [0.4, 0.5) is 13.2 Å². The molecule has 1 saturated heterocycles. The van der Waals surface area contributed by atoms with Crippen LogP contribution in [0.3, 0.4) is 0 Å². The molecule has 1 heterocycles. The maximum absolute atomic E-state index is 12.8. The first kappa shape index (κ1) is 20.5. The third kappa shape index (κ3) is 6.14. The zero-order valence-electron chi connectivity index (χ0n) is 15.3. The molecule has 1 amide bonds. The summed E-state index contributed by atoms with van der Waals surface area (Å²) in [6, 6.07) is 5.13. The minimum atomic E-state index is -4.36. The van der Waals surface area contributed by atoms with Crippen molar-refractivity contribution in [2.75, 3.05) is 18.8 Å². The van der Waals surface area contributed by atoms with Gasteiger partial charge in [0.25, 0.3) is 0 Å². The van der Waals surface area contributed by atoms with Gasteiger partial charge in [-0.3, -0.25) is 4.79 Å². The molecular weight excluding hydrogens is 375 g/mol. The first-order chi connectivity index (χ1) is 12.9. The molecule has 1 aliphatic heterocycles. The van der Waals surface area contributed by atoms with Gasteiger partial charge in [-0.2, -0.15) is 13.2 Å². The highest BCUT2D eigenvalue weighted by Crippen LogP contribution is 2.32. The number of amides is 1. The van der Waals surface area contributed by atoms with E-state index in [1.54, 1.807) is 11.0 Å². The fraction of sp³-hybridized carbons (Fsp3) is 0.650. The molecule has 0 bridgehead atoms. The summed E-state index contributed by atoms with van der Waals surface area (Å²) in [6.07, 6.45) is 4.02. The van der Waals surface area contributed by atoms with Gasteiger partial charge < -0.3 is 9.64 Å². The summed E-state index contributed by atoms with van der Waals surface area (Å²) < 4.78 is 44.5. The Morgan fingerprint density at radius 2 is 1.74 bits per heavy atom. The molecule has 0 atom stereocenters. The van der Waals surface area contributed by atoms with Crippen LogP contribution in [0.15, 0.2) is 29.2 Å². The van der Waals surface area contributed by atoms with Gasteiger partial charge in [-0.05, 0) is 43.9 Å². The van der Waals surface area contributed by atoms with Crippen LogP contribution < -0.4 is 0 Å². The topological polar surface area (TPSA) is 29.5 Å².